The second-order valence-corrected chi connectivity index (χ2v) is 10.9. The molecule has 1 aromatic carbocycles. The number of hydrogen-bond acceptors (Lipinski definition) is 3. The van der Waals surface area contributed by atoms with Gasteiger partial charge in [0.2, 0.25) is 0 Å². The Hall–Kier alpha value is -1.25. The fourth-order valence-electron chi connectivity index (χ4n) is 4.97. The second kappa shape index (κ2) is 6.17. The molecule has 0 N–H and O–H groups in total. The van der Waals surface area contributed by atoms with Gasteiger partial charge in [0.1, 0.15) is 0 Å². The number of rotatable bonds is 2. The molecule has 2 heterocycles. The summed E-state index contributed by atoms with van der Waals surface area (Å²) in [7, 11) is 0. The van der Waals surface area contributed by atoms with Crippen molar-refractivity contribution in [2.24, 2.45) is 11.3 Å². The SMILES string of the molecule is CC1(C)[C@@H]([Se]c2ccccc2)CC[C@]2(C)OC3=C(CC[C@@H]12)C(=O)OC3. The Balaban J connectivity index is 1.59. The first-order valence-corrected chi connectivity index (χ1v) is 11.0. The first-order chi connectivity index (χ1) is 11.9. The third kappa shape index (κ3) is 2.94. The van der Waals surface area contributed by atoms with E-state index < -0.39 is 0 Å². The molecular weight excluding hydrogens is 379 g/mol. The number of cyclic esters (lactones) is 1. The van der Waals surface area contributed by atoms with Gasteiger partial charge in [0.15, 0.2) is 0 Å². The van der Waals surface area contributed by atoms with Crippen LogP contribution in [0.3, 0.4) is 0 Å². The third-order valence-electron chi connectivity index (χ3n) is 6.35. The maximum atomic E-state index is 12.0. The molecule has 3 nitrogen and oxygen atoms in total. The molecule has 0 radical (unpaired) electrons. The van der Waals surface area contributed by atoms with Crippen LogP contribution in [0.2, 0.25) is 4.82 Å². The molecule has 25 heavy (non-hydrogen) atoms. The van der Waals surface area contributed by atoms with E-state index in [2.05, 4.69) is 51.1 Å². The summed E-state index contributed by atoms with van der Waals surface area (Å²) in [5, 5.41) is 0. The summed E-state index contributed by atoms with van der Waals surface area (Å²) < 4.78 is 13.2. The van der Waals surface area contributed by atoms with Gasteiger partial charge in [-0.05, 0) is 0 Å². The average Bonchev–Trinajstić information content (AvgIpc) is 2.82. The van der Waals surface area contributed by atoms with E-state index in [1.165, 1.54) is 10.9 Å². The predicted molar refractivity (Wildman–Crippen MR) is 98.8 cm³/mol. The molecule has 3 aliphatic rings. The Morgan fingerprint density at radius 2 is 1.88 bits per heavy atom. The van der Waals surface area contributed by atoms with Gasteiger partial charge in [-0.3, -0.25) is 0 Å². The summed E-state index contributed by atoms with van der Waals surface area (Å²) in [6.07, 6.45) is 4.05. The van der Waals surface area contributed by atoms with Crippen LogP contribution < -0.4 is 4.46 Å². The van der Waals surface area contributed by atoms with Crippen LogP contribution in [0.25, 0.3) is 0 Å². The van der Waals surface area contributed by atoms with Gasteiger partial charge >= 0.3 is 156 Å². The molecule has 4 heteroatoms. The Labute approximate surface area is 156 Å². The molecule has 3 atom stereocenters. The normalized spacial score (nSPS) is 33.8. The summed E-state index contributed by atoms with van der Waals surface area (Å²) in [5.41, 5.74) is 0.807. The number of carbonyl (C=O) groups excluding carboxylic acids is 1. The number of esters is 1. The molecule has 0 bridgehead atoms. The van der Waals surface area contributed by atoms with Gasteiger partial charge < -0.3 is 0 Å². The fourth-order valence-corrected chi connectivity index (χ4v) is 7.80. The zero-order valence-corrected chi connectivity index (χ0v) is 16.9. The molecular formula is C21H26O3Se. The first kappa shape index (κ1) is 17.2. The molecule has 134 valence electrons. The van der Waals surface area contributed by atoms with Gasteiger partial charge in [0.05, 0.1) is 0 Å². The van der Waals surface area contributed by atoms with E-state index in [4.69, 9.17) is 9.47 Å². The summed E-state index contributed by atoms with van der Waals surface area (Å²) in [6.45, 7) is 7.42. The standard InChI is InChI=1S/C21H26O3Se/c1-20(2)17-10-9-15-16(13-23-19(15)22)24-21(17,3)12-11-18(20)25-14-7-5-4-6-8-14/h4-8,17-18H,9-13H2,1-3H3/t17-,18-,21-/m0/s1. The minimum absolute atomic E-state index is 0.167. The first-order valence-electron chi connectivity index (χ1n) is 9.20. The molecule has 1 aliphatic carbocycles. The zero-order valence-electron chi connectivity index (χ0n) is 15.2. The van der Waals surface area contributed by atoms with E-state index in [9.17, 15) is 4.79 Å². The Morgan fingerprint density at radius 1 is 1.12 bits per heavy atom. The summed E-state index contributed by atoms with van der Waals surface area (Å²) in [4.78, 5) is 12.7. The van der Waals surface area contributed by atoms with E-state index in [1.807, 2.05) is 0 Å². The van der Waals surface area contributed by atoms with Gasteiger partial charge in [-0.25, -0.2) is 0 Å². The van der Waals surface area contributed by atoms with Crippen LogP contribution in [0.4, 0.5) is 0 Å². The van der Waals surface area contributed by atoms with Crippen LogP contribution in [-0.4, -0.2) is 33.1 Å². The van der Waals surface area contributed by atoms with Crippen LogP contribution in [0.1, 0.15) is 46.5 Å². The quantitative estimate of drug-likeness (QED) is 0.557. The molecule has 1 fully saturated rings. The zero-order chi connectivity index (χ0) is 17.7. The van der Waals surface area contributed by atoms with Crippen molar-refractivity contribution in [3.63, 3.8) is 0 Å². The van der Waals surface area contributed by atoms with Crippen molar-refractivity contribution < 1.29 is 14.3 Å². The molecule has 1 saturated carbocycles. The Kier molecular flexibility index (Phi) is 4.24. The minimum atomic E-state index is -0.183. The number of benzene rings is 1. The van der Waals surface area contributed by atoms with Crippen molar-refractivity contribution in [3.05, 3.63) is 41.7 Å². The van der Waals surface area contributed by atoms with E-state index in [0.717, 1.165) is 30.6 Å². The Bertz CT molecular complexity index is 709. The van der Waals surface area contributed by atoms with Crippen LogP contribution in [0.5, 0.6) is 0 Å². The summed E-state index contributed by atoms with van der Waals surface area (Å²) in [6, 6.07) is 10.9. The van der Waals surface area contributed by atoms with Crippen molar-refractivity contribution in [1.82, 2.24) is 0 Å². The third-order valence-corrected chi connectivity index (χ3v) is 9.85. The monoisotopic (exact) mass is 406 g/mol. The summed E-state index contributed by atoms with van der Waals surface area (Å²) in [5.74, 6) is 1.10. The number of ether oxygens (including phenoxy) is 2. The molecule has 0 amide bonds. The van der Waals surface area contributed by atoms with Crippen LogP contribution in [0, 0.1) is 11.3 Å². The average molecular weight is 405 g/mol. The van der Waals surface area contributed by atoms with Gasteiger partial charge in [0, 0.05) is 0 Å². The number of hydrogen-bond donors (Lipinski definition) is 0. The van der Waals surface area contributed by atoms with Crippen LogP contribution in [-0.2, 0) is 14.3 Å². The molecule has 1 aromatic rings. The van der Waals surface area contributed by atoms with E-state index >= 15 is 0 Å². The second-order valence-electron chi connectivity index (χ2n) is 8.26. The van der Waals surface area contributed by atoms with Crippen molar-refractivity contribution in [3.8, 4) is 0 Å². The van der Waals surface area contributed by atoms with Gasteiger partial charge in [-0.15, -0.1) is 0 Å². The van der Waals surface area contributed by atoms with Gasteiger partial charge in [-0.2, -0.15) is 0 Å². The van der Waals surface area contributed by atoms with Crippen molar-refractivity contribution >= 4 is 25.4 Å². The maximum absolute atomic E-state index is 12.0. The Morgan fingerprint density at radius 3 is 2.64 bits per heavy atom. The van der Waals surface area contributed by atoms with Crippen LogP contribution >= 0.6 is 0 Å². The number of fused-ring (bicyclic) bond motifs is 1. The van der Waals surface area contributed by atoms with E-state index in [0.29, 0.717) is 32.3 Å². The number of carbonyl (C=O) groups is 1. The fraction of sp³-hybridized carbons (Fsp3) is 0.571. The molecule has 2 aliphatic heterocycles. The van der Waals surface area contributed by atoms with Crippen molar-refractivity contribution in [2.45, 2.75) is 56.9 Å². The predicted octanol–water partition coefficient (Wildman–Crippen LogP) is 3.62. The van der Waals surface area contributed by atoms with E-state index in [1.54, 1.807) is 0 Å². The molecule has 4 rings (SSSR count). The molecule has 0 spiro atoms. The summed E-state index contributed by atoms with van der Waals surface area (Å²) >= 11 is 0.466. The van der Waals surface area contributed by atoms with Gasteiger partial charge in [-0.1, -0.05) is 0 Å². The topological polar surface area (TPSA) is 35.5 Å². The van der Waals surface area contributed by atoms with Gasteiger partial charge in [0.25, 0.3) is 0 Å². The van der Waals surface area contributed by atoms with Crippen molar-refractivity contribution in [2.75, 3.05) is 6.61 Å². The van der Waals surface area contributed by atoms with Crippen molar-refractivity contribution in [1.29, 1.82) is 0 Å². The van der Waals surface area contributed by atoms with E-state index in [-0.39, 0.29) is 17.0 Å². The molecule has 0 unspecified atom stereocenters. The van der Waals surface area contributed by atoms with Crippen LogP contribution in [0.15, 0.2) is 41.7 Å². The molecule has 0 saturated heterocycles. The molecule has 0 aromatic heterocycles.